The van der Waals surface area contributed by atoms with E-state index in [1.54, 1.807) is 30.1 Å². The summed E-state index contributed by atoms with van der Waals surface area (Å²) in [5, 5.41) is 5.70. The SMILES string of the molecule is [C-]#[N+]c1c(-c2c(-c3ccc4c(c3)C(CN)=NCC4=O)cnn2C)c(F)cc2ccccc12. The van der Waals surface area contributed by atoms with Gasteiger partial charge in [-0.15, -0.1) is 0 Å². The summed E-state index contributed by atoms with van der Waals surface area (Å²) in [5.74, 6) is -0.553. The quantitative estimate of drug-likeness (QED) is 0.492. The molecule has 1 aromatic heterocycles. The lowest BCUT2D eigenvalue weighted by Gasteiger charge is -2.17. The van der Waals surface area contributed by atoms with E-state index in [0.29, 0.717) is 38.9 Å². The van der Waals surface area contributed by atoms with Crippen molar-refractivity contribution in [1.82, 2.24) is 9.78 Å². The molecule has 32 heavy (non-hydrogen) atoms. The molecule has 5 rings (SSSR count). The van der Waals surface area contributed by atoms with E-state index in [4.69, 9.17) is 12.3 Å². The molecule has 2 N–H and O–H groups in total. The van der Waals surface area contributed by atoms with Gasteiger partial charge in [-0.05, 0) is 28.5 Å². The van der Waals surface area contributed by atoms with Gasteiger partial charge >= 0.3 is 0 Å². The highest BCUT2D eigenvalue weighted by molar-refractivity contribution is 6.16. The van der Waals surface area contributed by atoms with Crippen molar-refractivity contribution in [1.29, 1.82) is 0 Å². The molecule has 7 heteroatoms. The van der Waals surface area contributed by atoms with Gasteiger partial charge in [-0.25, -0.2) is 9.24 Å². The number of Topliss-reactive ketones (excluding diaryl/α,β-unsaturated/α-hetero) is 1. The maximum Gasteiger partial charge on any atom is 0.207 e. The van der Waals surface area contributed by atoms with Gasteiger partial charge in [-0.2, -0.15) is 5.10 Å². The van der Waals surface area contributed by atoms with E-state index in [9.17, 15) is 4.79 Å². The molecule has 156 valence electrons. The molecular formula is C25H18FN5O. The average Bonchev–Trinajstić information content (AvgIpc) is 3.19. The molecule has 0 radical (unpaired) electrons. The first-order valence-corrected chi connectivity index (χ1v) is 10.1. The lowest BCUT2D eigenvalue weighted by atomic mass is 9.91. The summed E-state index contributed by atoms with van der Waals surface area (Å²) in [4.78, 5) is 20.3. The van der Waals surface area contributed by atoms with Gasteiger partial charge in [0.1, 0.15) is 12.4 Å². The number of fused-ring (bicyclic) bond motifs is 2. The number of carbonyl (C=O) groups is 1. The Balaban J connectivity index is 1.77. The molecule has 0 spiro atoms. The minimum absolute atomic E-state index is 0.0639. The minimum atomic E-state index is -0.489. The third-order valence-corrected chi connectivity index (χ3v) is 5.81. The second kappa shape index (κ2) is 7.52. The topological polar surface area (TPSA) is 77.6 Å². The second-order valence-corrected chi connectivity index (χ2v) is 7.60. The highest BCUT2D eigenvalue weighted by Gasteiger charge is 2.25. The summed E-state index contributed by atoms with van der Waals surface area (Å²) in [6.45, 7) is 8.08. The Bertz CT molecular complexity index is 1490. The van der Waals surface area contributed by atoms with E-state index in [2.05, 4.69) is 14.9 Å². The number of hydrogen-bond donors (Lipinski definition) is 1. The van der Waals surface area contributed by atoms with Crippen LogP contribution in [0.2, 0.25) is 0 Å². The summed E-state index contributed by atoms with van der Waals surface area (Å²) in [7, 11) is 1.72. The molecule has 3 aromatic carbocycles. The van der Waals surface area contributed by atoms with Crippen molar-refractivity contribution in [2.45, 2.75) is 0 Å². The van der Waals surface area contributed by atoms with Crippen LogP contribution in [0.3, 0.4) is 0 Å². The van der Waals surface area contributed by atoms with Crippen molar-refractivity contribution in [2.24, 2.45) is 17.8 Å². The van der Waals surface area contributed by atoms with E-state index < -0.39 is 5.82 Å². The highest BCUT2D eigenvalue weighted by atomic mass is 19.1. The van der Waals surface area contributed by atoms with Crippen LogP contribution in [0.25, 0.3) is 38.0 Å². The maximum atomic E-state index is 15.4. The summed E-state index contributed by atoms with van der Waals surface area (Å²) >= 11 is 0. The largest absolute Gasteiger partial charge is 0.325 e. The van der Waals surface area contributed by atoms with E-state index in [-0.39, 0.29) is 30.1 Å². The monoisotopic (exact) mass is 423 g/mol. The van der Waals surface area contributed by atoms with Crippen LogP contribution in [0.1, 0.15) is 15.9 Å². The molecule has 1 aliphatic heterocycles. The summed E-state index contributed by atoms with van der Waals surface area (Å²) in [6.07, 6.45) is 1.64. The van der Waals surface area contributed by atoms with Crippen molar-refractivity contribution >= 4 is 28.0 Å². The fourth-order valence-corrected chi connectivity index (χ4v) is 4.29. The number of aromatic nitrogens is 2. The first-order valence-electron chi connectivity index (χ1n) is 10.1. The van der Waals surface area contributed by atoms with Crippen molar-refractivity contribution in [3.63, 3.8) is 0 Å². The van der Waals surface area contributed by atoms with Gasteiger partial charge < -0.3 is 5.73 Å². The summed E-state index contributed by atoms with van der Waals surface area (Å²) in [6, 6.07) is 14.1. The van der Waals surface area contributed by atoms with Gasteiger partial charge in [0, 0.05) is 35.8 Å². The van der Waals surface area contributed by atoms with E-state index in [1.807, 2.05) is 30.3 Å². The van der Waals surface area contributed by atoms with E-state index in [0.717, 1.165) is 5.56 Å². The van der Waals surface area contributed by atoms with Crippen LogP contribution in [-0.2, 0) is 7.05 Å². The Morgan fingerprint density at radius 2 is 1.97 bits per heavy atom. The predicted molar refractivity (Wildman–Crippen MR) is 123 cm³/mol. The fourth-order valence-electron chi connectivity index (χ4n) is 4.29. The first kappa shape index (κ1) is 19.8. The van der Waals surface area contributed by atoms with Gasteiger partial charge in [0.2, 0.25) is 5.69 Å². The molecule has 0 fully saturated rings. The molecule has 0 bridgehead atoms. The molecular weight excluding hydrogens is 405 g/mol. The number of benzene rings is 3. The Hall–Kier alpha value is -4.15. The number of aliphatic imine (C=N–C) groups is 1. The zero-order valence-corrected chi connectivity index (χ0v) is 17.3. The van der Waals surface area contributed by atoms with E-state index >= 15 is 4.39 Å². The summed E-state index contributed by atoms with van der Waals surface area (Å²) in [5.41, 5.74) is 10.1. The van der Waals surface area contributed by atoms with Gasteiger partial charge in [-0.3, -0.25) is 14.5 Å². The Kier molecular flexibility index (Phi) is 4.65. The molecule has 0 amide bonds. The van der Waals surface area contributed by atoms with Crippen LogP contribution < -0.4 is 5.73 Å². The first-order chi connectivity index (χ1) is 15.5. The van der Waals surface area contributed by atoms with Crippen molar-refractivity contribution in [3.8, 4) is 22.4 Å². The zero-order chi connectivity index (χ0) is 22.4. The van der Waals surface area contributed by atoms with Crippen LogP contribution in [-0.4, -0.2) is 34.4 Å². The van der Waals surface area contributed by atoms with Crippen molar-refractivity contribution in [3.05, 3.63) is 83.1 Å². The lowest BCUT2D eigenvalue weighted by Crippen LogP contribution is -2.24. The molecule has 0 aliphatic carbocycles. The number of nitrogens with zero attached hydrogens (tertiary/aromatic N) is 4. The predicted octanol–water partition coefficient (Wildman–Crippen LogP) is 4.54. The minimum Gasteiger partial charge on any atom is -0.325 e. The molecule has 2 heterocycles. The van der Waals surface area contributed by atoms with Gasteiger partial charge in [-0.1, -0.05) is 36.4 Å². The number of rotatable bonds is 3. The molecule has 0 saturated carbocycles. The third-order valence-electron chi connectivity index (χ3n) is 5.81. The van der Waals surface area contributed by atoms with Crippen LogP contribution in [0.5, 0.6) is 0 Å². The maximum absolute atomic E-state index is 15.4. The Morgan fingerprint density at radius 3 is 2.75 bits per heavy atom. The third kappa shape index (κ3) is 2.93. The Labute approximate surface area is 183 Å². The molecule has 0 saturated heterocycles. The highest BCUT2D eigenvalue weighted by Crippen LogP contribution is 2.43. The standard InChI is InChI=1S/C25H18FN5O/c1-28-24-16-6-4-3-5-14(16)10-20(26)23(24)25-19(12-30-31(25)2)15-7-8-17-18(9-15)21(11-27)29-13-22(17)32/h3-10,12H,11,13,27H2,2H3. The van der Waals surface area contributed by atoms with Gasteiger partial charge in [0.05, 0.1) is 24.2 Å². The number of ketones is 1. The van der Waals surface area contributed by atoms with Crippen LogP contribution in [0, 0.1) is 12.4 Å². The Morgan fingerprint density at radius 1 is 1.16 bits per heavy atom. The zero-order valence-electron chi connectivity index (χ0n) is 17.3. The van der Waals surface area contributed by atoms with E-state index in [1.165, 1.54) is 6.07 Å². The lowest BCUT2D eigenvalue weighted by molar-refractivity contribution is 0.1000. The van der Waals surface area contributed by atoms with Crippen molar-refractivity contribution in [2.75, 3.05) is 13.1 Å². The van der Waals surface area contributed by atoms with Crippen molar-refractivity contribution < 1.29 is 9.18 Å². The number of carbonyl (C=O) groups excluding carboxylic acids is 1. The number of hydrogen-bond acceptors (Lipinski definition) is 4. The second-order valence-electron chi connectivity index (χ2n) is 7.60. The fraction of sp³-hybridized carbons (Fsp3) is 0.120. The molecule has 6 nitrogen and oxygen atoms in total. The van der Waals surface area contributed by atoms with Crippen LogP contribution in [0.4, 0.5) is 10.1 Å². The van der Waals surface area contributed by atoms with Crippen LogP contribution >= 0.6 is 0 Å². The number of halogens is 1. The molecule has 0 atom stereocenters. The van der Waals surface area contributed by atoms with Gasteiger partial charge in [0.25, 0.3) is 0 Å². The average molecular weight is 423 g/mol. The summed E-state index contributed by atoms with van der Waals surface area (Å²) < 4.78 is 17.0. The number of aryl methyl sites for hydroxylation is 1. The van der Waals surface area contributed by atoms with Crippen LogP contribution in [0.15, 0.2) is 59.7 Å². The van der Waals surface area contributed by atoms with Gasteiger partial charge in [0.15, 0.2) is 5.78 Å². The molecule has 4 aromatic rings. The smallest absolute Gasteiger partial charge is 0.207 e. The molecule has 0 unspecified atom stereocenters. The molecule has 1 aliphatic rings. The number of nitrogens with two attached hydrogens (primary N) is 1. The normalized spacial score (nSPS) is 13.1.